The molecule has 0 aromatic heterocycles. The number of aliphatic carboxylic acids is 1. The highest BCUT2D eigenvalue weighted by molar-refractivity contribution is 9.11. The van der Waals surface area contributed by atoms with E-state index in [0.717, 1.165) is 4.47 Å². The summed E-state index contributed by atoms with van der Waals surface area (Å²) < 4.78 is 6.62. The van der Waals surface area contributed by atoms with Crippen LogP contribution in [-0.2, 0) is 9.59 Å². The number of carboxylic acid groups (broad SMARTS) is 1. The Balaban J connectivity index is 3.34. The van der Waals surface area contributed by atoms with Gasteiger partial charge in [-0.3, -0.25) is 4.79 Å². The summed E-state index contributed by atoms with van der Waals surface area (Å²) in [4.78, 5) is 22.0. The lowest BCUT2D eigenvalue weighted by molar-refractivity contribution is -0.134. The van der Waals surface area contributed by atoms with E-state index in [0.29, 0.717) is 15.8 Å². The Bertz CT molecular complexity index is 555. The molecule has 0 aliphatic rings. The number of benzene rings is 1. The first-order valence-corrected chi connectivity index (χ1v) is 6.69. The van der Waals surface area contributed by atoms with Gasteiger partial charge in [0, 0.05) is 17.0 Å². The highest BCUT2D eigenvalue weighted by atomic mass is 79.9. The van der Waals surface area contributed by atoms with Gasteiger partial charge in [0.1, 0.15) is 11.4 Å². The molecule has 0 saturated heterocycles. The lowest BCUT2D eigenvalue weighted by Crippen LogP contribution is -2.24. The highest BCUT2D eigenvalue weighted by Gasteiger charge is 2.13. The molecular formula is C12H11Br2NO4. The summed E-state index contributed by atoms with van der Waals surface area (Å²) in [6, 6.07) is 3.46. The number of ether oxygens (including phenoxy) is 1. The van der Waals surface area contributed by atoms with Crippen LogP contribution in [0.15, 0.2) is 26.8 Å². The Hall–Kier alpha value is -1.34. The molecule has 7 heteroatoms. The molecule has 2 N–H and O–H groups in total. The highest BCUT2D eigenvalue weighted by Crippen LogP contribution is 2.33. The van der Waals surface area contributed by atoms with E-state index in [1.165, 1.54) is 20.1 Å². The van der Waals surface area contributed by atoms with Crippen LogP contribution in [-0.4, -0.2) is 24.1 Å². The predicted molar refractivity (Wildman–Crippen MR) is 77.8 cm³/mol. The van der Waals surface area contributed by atoms with Gasteiger partial charge >= 0.3 is 5.97 Å². The molecule has 1 amide bonds. The minimum Gasteiger partial charge on any atom is -0.495 e. The van der Waals surface area contributed by atoms with Gasteiger partial charge in [0.15, 0.2) is 0 Å². The van der Waals surface area contributed by atoms with Crippen molar-refractivity contribution in [3.8, 4) is 5.75 Å². The molecule has 0 atom stereocenters. The van der Waals surface area contributed by atoms with Crippen molar-refractivity contribution in [2.24, 2.45) is 0 Å². The van der Waals surface area contributed by atoms with Crippen LogP contribution >= 0.6 is 31.9 Å². The van der Waals surface area contributed by atoms with Crippen LogP contribution in [0.25, 0.3) is 6.08 Å². The fourth-order valence-electron chi connectivity index (χ4n) is 1.40. The number of carboxylic acids is 1. The van der Waals surface area contributed by atoms with Crippen LogP contribution < -0.4 is 10.1 Å². The Morgan fingerprint density at radius 1 is 1.37 bits per heavy atom. The quantitative estimate of drug-likeness (QED) is 0.772. The SMILES string of the molecule is COc1c(Br)cc(Br)cc1C=C(NC(C)=O)C(=O)O. The van der Waals surface area contributed by atoms with E-state index in [1.54, 1.807) is 12.1 Å². The van der Waals surface area contributed by atoms with E-state index in [4.69, 9.17) is 9.84 Å². The summed E-state index contributed by atoms with van der Waals surface area (Å²) in [5, 5.41) is 11.3. The van der Waals surface area contributed by atoms with Crippen LogP contribution in [0, 0.1) is 0 Å². The van der Waals surface area contributed by atoms with Crippen LogP contribution in [0.3, 0.4) is 0 Å². The summed E-state index contributed by atoms with van der Waals surface area (Å²) in [6.45, 7) is 1.24. The molecule has 0 fully saturated rings. The zero-order chi connectivity index (χ0) is 14.6. The lowest BCUT2D eigenvalue weighted by atomic mass is 10.1. The number of hydrogen-bond donors (Lipinski definition) is 2. The molecule has 0 unspecified atom stereocenters. The third-order valence-corrected chi connectivity index (χ3v) is 3.13. The van der Waals surface area contributed by atoms with Gasteiger partial charge in [-0.25, -0.2) is 4.79 Å². The third kappa shape index (κ3) is 4.36. The van der Waals surface area contributed by atoms with Gasteiger partial charge < -0.3 is 15.2 Å². The molecule has 0 saturated carbocycles. The van der Waals surface area contributed by atoms with Crippen LogP contribution in [0.2, 0.25) is 0 Å². The lowest BCUT2D eigenvalue weighted by Gasteiger charge is -2.10. The summed E-state index contributed by atoms with van der Waals surface area (Å²) in [7, 11) is 1.48. The second-order valence-electron chi connectivity index (χ2n) is 3.55. The molecular weight excluding hydrogens is 382 g/mol. The Morgan fingerprint density at radius 2 is 2.00 bits per heavy atom. The molecule has 0 heterocycles. The van der Waals surface area contributed by atoms with Crippen molar-refractivity contribution in [1.82, 2.24) is 5.32 Å². The monoisotopic (exact) mass is 391 g/mol. The zero-order valence-corrected chi connectivity index (χ0v) is 13.3. The van der Waals surface area contributed by atoms with Gasteiger partial charge in [-0.1, -0.05) is 15.9 Å². The second-order valence-corrected chi connectivity index (χ2v) is 5.32. The van der Waals surface area contributed by atoms with Gasteiger partial charge in [-0.05, 0) is 34.1 Å². The van der Waals surface area contributed by atoms with Gasteiger partial charge in [0.2, 0.25) is 5.91 Å². The summed E-state index contributed by atoms with van der Waals surface area (Å²) in [5.41, 5.74) is 0.297. The number of carbonyl (C=O) groups is 2. The zero-order valence-electron chi connectivity index (χ0n) is 10.2. The van der Waals surface area contributed by atoms with Crippen LogP contribution in [0.1, 0.15) is 12.5 Å². The topological polar surface area (TPSA) is 75.6 Å². The fraction of sp³-hybridized carbons (Fsp3) is 0.167. The average molecular weight is 393 g/mol. The standard InChI is InChI=1S/C12H11Br2NO4/c1-6(16)15-10(12(17)18)4-7-3-8(13)5-9(14)11(7)19-2/h3-5H,1-2H3,(H,15,16)(H,17,18). The van der Waals surface area contributed by atoms with Gasteiger partial charge in [-0.15, -0.1) is 0 Å². The summed E-state index contributed by atoms with van der Waals surface area (Å²) in [5.74, 6) is -1.21. The third-order valence-electron chi connectivity index (χ3n) is 2.08. The Morgan fingerprint density at radius 3 is 2.47 bits per heavy atom. The largest absolute Gasteiger partial charge is 0.495 e. The number of methoxy groups -OCH3 is 1. The average Bonchev–Trinajstić information content (AvgIpc) is 2.26. The number of hydrogen-bond acceptors (Lipinski definition) is 3. The first-order valence-electron chi connectivity index (χ1n) is 5.10. The maximum absolute atomic E-state index is 11.1. The number of halogens is 2. The Kier molecular flexibility index (Phi) is 5.56. The Labute approximate surface area is 126 Å². The molecule has 1 rings (SSSR count). The van der Waals surface area contributed by atoms with E-state index in [1.807, 2.05) is 0 Å². The fourth-order valence-corrected chi connectivity index (χ4v) is 2.82. The van der Waals surface area contributed by atoms with Crippen molar-refractivity contribution in [2.75, 3.05) is 7.11 Å². The summed E-state index contributed by atoms with van der Waals surface area (Å²) >= 11 is 6.62. The molecule has 0 radical (unpaired) electrons. The van der Waals surface area contributed by atoms with Crippen molar-refractivity contribution >= 4 is 49.8 Å². The van der Waals surface area contributed by atoms with Crippen molar-refractivity contribution in [3.63, 3.8) is 0 Å². The molecule has 19 heavy (non-hydrogen) atoms. The number of rotatable bonds is 4. The smallest absolute Gasteiger partial charge is 0.352 e. The van der Waals surface area contributed by atoms with Gasteiger partial charge in [-0.2, -0.15) is 0 Å². The minimum atomic E-state index is -1.23. The van der Waals surface area contributed by atoms with Gasteiger partial charge in [0.05, 0.1) is 11.6 Å². The number of amides is 1. The minimum absolute atomic E-state index is 0.226. The molecule has 0 aliphatic carbocycles. The number of nitrogens with one attached hydrogen (secondary N) is 1. The molecule has 0 bridgehead atoms. The molecule has 0 aliphatic heterocycles. The van der Waals surface area contributed by atoms with Crippen molar-refractivity contribution < 1.29 is 19.4 Å². The molecule has 1 aromatic rings. The molecule has 1 aromatic carbocycles. The second kappa shape index (κ2) is 6.72. The van der Waals surface area contributed by atoms with Crippen molar-refractivity contribution in [1.29, 1.82) is 0 Å². The maximum Gasteiger partial charge on any atom is 0.352 e. The van der Waals surface area contributed by atoms with E-state index in [9.17, 15) is 9.59 Å². The first-order chi connectivity index (χ1) is 8.85. The van der Waals surface area contributed by atoms with E-state index >= 15 is 0 Å². The molecule has 0 spiro atoms. The van der Waals surface area contributed by atoms with Crippen LogP contribution in [0.4, 0.5) is 0 Å². The summed E-state index contributed by atoms with van der Waals surface area (Å²) in [6.07, 6.45) is 1.33. The van der Waals surface area contributed by atoms with Gasteiger partial charge in [0.25, 0.3) is 0 Å². The van der Waals surface area contributed by atoms with E-state index in [-0.39, 0.29) is 5.70 Å². The van der Waals surface area contributed by atoms with Crippen molar-refractivity contribution in [3.05, 3.63) is 32.3 Å². The first kappa shape index (κ1) is 15.7. The molecule has 102 valence electrons. The molecule has 5 nitrogen and oxygen atoms in total. The van der Waals surface area contributed by atoms with E-state index in [2.05, 4.69) is 37.2 Å². The normalized spacial score (nSPS) is 11.1. The predicted octanol–water partition coefficient (Wildman–Crippen LogP) is 2.78. The van der Waals surface area contributed by atoms with Crippen molar-refractivity contribution in [2.45, 2.75) is 6.92 Å². The maximum atomic E-state index is 11.1. The van der Waals surface area contributed by atoms with Crippen LogP contribution in [0.5, 0.6) is 5.75 Å². The van der Waals surface area contributed by atoms with E-state index < -0.39 is 11.9 Å². The number of carbonyl (C=O) groups excluding carboxylic acids is 1.